The summed E-state index contributed by atoms with van der Waals surface area (Å²) in [5.41, 5.74) is 2.10. The van der Waals surface area contributed by atoms with Gasteiger partial charge in [-0.1, -0.05) is 29.8 Å². The van der Waals surface area contributed by atoms with Crippen LogP contribution in [0.1, 0.15) is 18.1 Å². The van der Waals surface area contributed by atoms with Gasteiger partial charge >= 0.3 is 0 Å². The predicted octanol–water partition coefficient (Wildman–Crippen LogP) is 2.24. The van der Waals surface area contributed by atoms with Crippen molar-refractivity contribution >= 4 is 5.91 Å². The molecule has 0 N–H and O–H groups in total. The molecule has 0 spiro atoms. The Morgan fingerprint density at radius 3 is 2.27 bits per heavy atom. The van der Waals surface area contributed by atoms with Crippen molar-refractivity contribution in [2.45, 2.75) is 19.4 Å². The van der Waals surface area contributed by atoms with Crippen molar-refractivity contribution in [3.05, 3.63) is 47.5 Å². The van der Waals surface area contributed by atoms with Crippen LogP contribution in [0.2, 0.25) is 0 Å². The van der Waals surface area contributed by atoms with Crippen LogP contribution in [-0.2, 0) is 10.3 Å². The van der Waals surface area contributed by atoms with E-state index in [9.17, 15) is 4.79 Å². The number of carbonyl (C=O) groups is 1. The number of carbonyl (C=O) groups excluding carboxylic acids is 1. The minimum absolute atomic E-state index is 0.0677. The Kier molecular flexibility index (Phi) is 2.14. The van der Waals surface area contributed by atoms with E-state index in [0.29, 0.717) is 0 Å². The molecule has 0 saturated heterocycles. The zero-order valence-corrected chi connectivity index (χ0v) is 9.32. The molecule has 1 atom stereocenters. The number of likely N-dealkylation sites (N-methyl/N-ethyl adjacent to an activating group) is 1. The molecule has 0 radical (unpaired) electrons. The summed E-state index contributed by atoms with van der Waals surface area (Å²) in [5, 5.41) is 0. The van der Waals surface area contributed by atoms with Crippen molar-refractivity contribution < 1.29 is 4.79 Å². The fourth-order valence-electron chi connectivity index (χ4n) is 1.87. The first kappa shape index (κ1) is 9.97. The monoisotopic (exact) mass is 201 g/mol. The average Bonchev–Trinajstić information content (AvgIpc) is 2.48. The lowest BCUT2D eigenvalue weighted by molar-refractivity contribution is -0.126. The molecule has 0 bridgehead atoms. The molecule has 2 rings (SSSR count). The van der Waals surface area contributed by atoms with Gasteiger partial charge in [-0.2, -0.15) is 0 Å². The molecule has 1 aromatic carbocycles. The molecule has 1 unspecified atom stereocenters. The summed E-state index contributed by atoms with van der Waals surface area (Å²) in [6.45, 7) is 4.12. The van der Waals surface area contributed by atoms with E-state index >= 15 is 0 Å². The molecule has 1 aliphatic rings. The summed E-state index contributed by atoms with van der Waals surface area (Å²) in [4.78, 5) is 13.2. The average molecular weight is 201 g/mol. The van der Waals surface area contributed by atoms with E-state index in [1.165, 1.54) is 5.56 Å². The van der Waals surface area contributed by atoms with Gasteiger partial charge in [0.1, 0.15) is 0 Å². The fourth-order valence-corrected chi connectivity index (χ4v) is 1.87. The highest BCUT2D eigenvalue weighted by Gasteiger charge is 2.35. The Labute approximate surface area is 90.2 Å². The van der Waals surface area contributed by atoms with Gasteiger partial charge in [-0.25, -0.2) is 0 Å². The molecule has 0 aromatic heterocycles. The number of hydrogen-bond acceptors (Lipinski definition) is 1. The lowest BCUT2D eigenvalue weighted by atomic mass is 9.91. The number of nitrogens with zero attached hydrogens (tertiary/aromatic N) is 1. The zero-order chi connectivity index (χ0) is 11.1. The highest BCUT2D eigenvalue weighted by Crippen LogP contribution is 2.32. The van der Waals surface area contributed by atoms with Crippen LogP contribution < -0.4 is 0 Å². The number of benzene rings is 1. The van der Waals surface area contributed by atoms with Gasteiger partial charge in [0.2, 0.25) is 5.91 Å². The van der Waals surface area contributed by atoms with Crippen LogP contribution in [0.15, 0.2) is 36.4 Å². The molecule has 78 valence electrons. The molecule has 0 saturated carbocycles. The van der Waals surface area contributed by atoms with Crippen LogP contribution in [0.25, 0.3) is 0 Å². The molecule has 2 heteroatoms. The Morgan fingerprint density at radius 1 is 1.20 bits per heavy atom. The topological polar surface area (TPSA) is 20.3 Å². The van der Waals surface area contributed by atoms with E-state index in [0.717, 1.165) is 5.56 Å². The van der Waals surface area contributed by atoms with Gasteiger partial charge in [0.25, 0.3) is 0 Å². The Balaban J connectivity index is 2.42. The lowest BCUT2D eigenvalue weighted by Gasteiger charge is -2.32. The van der Waals surface area contributed by atoms with E-state index in [1.54, 1.807) is 11.0 Å². The molecule has 1 amide bonds. The van der Waals surface area contributed by atoms with Crippen molar-refractivity contribution in [3.63, 3.8) is 0 Å². The number of amides is 1. The third-order valence-electron chi connectivity index (χ3n) is 3.21. The number of aryl methyl sites for hydroxylation is 1. The van der Waals surface area contributed by atoms with E-state index in [1.807, 2.05) is 13.1 Å². The van der Waals surface area contributed by atoms with E-state index in [2.05, 4.69) is 38.1 Å². The highest BCUT2D eigenvalue weighted by atomic mass is 16.2. The van der Waals surface area contributed by atoms with Crippen molar-refractivity contribution in [2.75, 3.05) is 7.05 Å². The first-order chi connectivity index (χ1) is 7.04. The van der Waals surface area contributed by atoms with Crippen LogP contribution in [-0.4, -0.2) is 17.9 Å². The van der Waals surface area contributed by atoms with Gasteiger partial charge in [0.05, 0.1) is 5.54 Å². The molecular weight excluding hydrogens is 186 g/mol. The molecule has 1 aliphatic heterocycles. The molecule has 0 aliphatic carbocycles. The quantitative estimate of drug-likeness (QED) is 0.682. The van der Waals surface area contributed by atoms with Crippen LogP contribution >= 0.6 is 0 Å². The molecular formula is C13H15NO. The zero-order valence-electron chi connectivity index (χ0n) is 9.32. The van der Waals surface area contributed by atoms with Crippen molar-refractivity contribution in [1.82, 2.24) is 4.90 Å². The summed E-state index contributed by atoms with van der Waals surface area (Å²) in [7, 11) is 1.84. The van der Waals surface area contributed by atoms with E-state index in [-0.39, 0.29) is 11.4 Å². The Hall–Kier alpha value is -1.57. The third-order valence-corrected chi connectivity index (χ3v) is 3.21. The fraction of sp³-hybridized carbons (Fsp3) is 0.308. The van der Waals surface area contributed by atoms with Crippen molar-refractivity contribution in [1.29, 1.82) is 0 Å². The van der Waals surface area contributed by atoms with Crippen molar-refractivity contribution in [2.24, 2.45) is 0 Å². The van der Waals surface area contributed by atoms with Gasteiger partial charge in [-0.15, -0.1) is 0 Å². The predicted molar refractivity (Wildman–Crippen MR) is 60.4 cm³/mol. The van der Waals surface area contributed by atoms with Gasteiger partial charge in [0, 0.05) is 13.1 Å². The van der Waals surface area contributed by atoms with Crippen LogP contribution in [0.4, 0.5) is 0 Å². The van der Waals surface area contributed by atoms with Crippen LogP contribution in [0, 0.1) is 6.92 Å². The van der Waals surface area contributed by atoms with E-state index < -0.39 is 0 Å². The first-order valence-electron chi connectivity index (χ1n) is 5.08. The van der Waals surface area contributed by atoms with E-state index in [4.69, 9.17) is 0 Å². The molecule has 2 nitrogen and oxygen atoms in total. The second kappa shape index (κ2) is 3.23. The van der Waals surface area contributed by atoms with Crippen LogP contribution in [0.3, 0.4) is 0 Å². The largest absolute Gasteiger partial charge is 0.329 e. The van der Waals surface area contributed by atoms with Crippen LogP contribution in [0.5, 0.6) is 0 Å². The van der Waals surface area contributed by atoms with Crippen molar-refractivity contribution in [3.8, 4) is 0 Å². The third kappa shape index (κ3) is 1.46. The second-order valence-electron chi connectivity index (χ2n) is 4.24. The molecule has 0 fully saturated rings. The molecule has 1 heterocycles. The Bertz CT molecular complexity index is 419. The minimum atomic E-state index is -0.287. The summed E-state index contributed by atoms with van der Waals surface area (Å²) in [6, 6.07) is 8.31. The Morgan fingerprint density at radius 2 is 1.80 bits per heavy atom. The normalized spacial score (nSPS) is 25.0. The maximum absolute atomic E-state index is 11.5. The minimum Gasteiger partial charge on any atom is -0.329 e. The summed E-state index contributed by atoms with van der Waals surface area (Å²) < 4.78 is 0. The second-order valence-corrected chi connectivity index (χ2v) is 4.24. The smallest absolute Gasteiger partial charge is 0.247 e. The van der Waals surface area contributed by atoms with Gasteiger partial charge in [0.15, 0.2) is 0 Å². The first-order valence-corrected chi connectivity index (χ1v) is 5.08. The maximum Gasteiger partial charge on any atom is 0.247 e. The van der Waals surface area contributed by atoms with Gasteiger partial charge in [-0.05, 0) is 25.5 Å². The number of hydrogen-bond donors (Lipinski definition) is 0. The number of rotatable bonds is 1. The molecule has 15 heavy (non-hydrogen) atoms. The van der Waals surface area contributed by atoms with Gasteiger partial charge in [-0.3, -0.25) is 4.79 Å². The van der Waals surface area contributed by atoms with Gasteiger partial charge < -0.3 is 4.90 Å². The summed E-state index contributed by atoms with van der Waals surface area (Å²) in [6.07, 6.45) is 3.60. The SMILES string of the molecule is Cc1ccc(C2(C)C=CC(=O)N2C)cc1. The standard InChI is InChI=1S/C13H15NO/c1-10-4-6-11(7-5-10)13(2)9-8-12(15)14(13)3/h4-9H,1-3H3. The maximum atomic E-state index is 11.5. The summed E-state index contributed by atoms with van der Waals surface area (Å²) >= 11 is 0. The lowest BCUT2D eigenvalue weighted by Crippen LogP contribution is -2.38. The highest BCUT2D eigenvalue weighted by molar-refractivity contribution is 5.91. The summed E-state index contributed by atoms with van der Waals surface area (Å²) in [5.74, 6) is 0.0677. The molecule has 1 aromatic rings.